The molecule has 1 unspecified atom stereocenters. The molecule has 33 heavy (non-hydrogen) atoms. The SMILES string of the molecule is CNc1nc(C2CCN(C(C)=O)C2)nc2c1CN(Cc1ccccc1N1CCCCC1)CC2. The van der Waals surface area contributed by atoms with Crippen molar-refractivity contribution < 1.29 is 4.79 Å². The largest absolute Gasteiger partial charge is 0.373 e. The van der Waals surface area contributed by atoms with E-state index >= 15 is 0 Å². The Morgan fingerprint density at radius 2 is 1.91 bits per heavy atom. The van der Waals surface area contributed by atoms with Crippen molar-refractivity contribution in [3.63, 3.8) is 0 Å². The van der Waals surface area contributed by atoms with Gasteiger partial charge in [0.1, 0.15) is 11.6 Å². The van der Waals surface area contributed by atoms with Crippen LogP contribution in [-0.2, 0) is 24.3 Å². The van der Waals surface area contributed by atoms with Gasteiger partial charge < -0.3 is 15.1 Å². The molecule has 1 atom stereocenters. The van der Waals surface area contributed by atoms with E-state index in [1.807, 2.05) is 11.9 Å². The van der Waals surface area contributed by atoms with Crippen LogP contribution in [0.25, 0.3) is 0 Å². The van der Waals surface area contributed by atoms with Crippen molar-refractivity contribution >= 4 is 17.4 Å². The number of nitrogens with one attached hydrogen (secondary N) is 1. The van der Waals surface area contributed by atoms with Crippen LogP contribution in [0.5, 0.6) is 0 Å². The first-order chi connectivity index (χ1) is 16.1. The van der Waals surface area contributed by atoms with Gasteiger partial charge in [-0.25, -0.2) is 9.97 Å². The number of likely N-dealkylation sites (tertiary alicyclic amines) is 1. The number of benzene rings is 1. The number of aromatic nitrogens is 2. The summed E-state index contributed by atoms with van der Waals surface area (Å²) >= 11 is 0. The second kappa shape index (κ2) is 9.67. The van der Waals surface area contributed by atoms with Crippen LogP contribution < -0.4 is 10.2 Å². The van der Waals surface area contributed by atoms with Crippen molar-refractivity contribution in [2.24, 2.45) is 0 Å². The van der Waals surface area contributed by atoms with Crippen LogP contribution >= 0.6 is 0 Å². The van der Waals surface area contributed by atoms with E-state index < -0.39 is 0 Å². The van der Waals surface area contributed by atoms with Crippen LogP contribution in [0.1, 0.15) is 61.2 Å². The Morgan fingerprint density at radius 3 is 2.67 bits per heavy atom. The minimum absolute atomic E-state index is 0.143. The summed E-state index contributed by atoms with van der Waals surface area (Å²) in [6, 6.07) is 8.92. The van der Waals surface area contributed by atoms with E-state index in [4.69, 9.17) is 9.97 Å². The van der Waals surface area contributed by atoms with Gasteiger partial charge in [0.15, 0.2) is 0 Å². The maximum absolute atomic E-state index is 11.8. The summed E-state index contributed by atoms with van der Waals surface area (Å²) in [6.07, 6.45) is 5.82. The van der Waals surface area contributed by atoms with Crippen LogP contribution in [0.15, 0.2) is 24.3 Å². The second-order valence-corrected chi connectivity index (χ2v) is 9.69. The molecule has 5 rings (SSSR count). The number of fused-ring (bicyclic) bond motifs is 1. The average molecular weight is 449 g/mol. The third-order valence-electron chi connectivity index (χ3n) is 7.47. The highest BCUT2D eigenvalue weighted by Gasteiger charge is 2.30. The molecule has 0 aliphatic carbocycles. The van der Waals surface area contributed by atoms with E-state index in [1.165, 1.54) is 54.9 Å². The second-order valence-electron chi connectivity index (χ2n) is 9.69. The Balaban J connectivity index is 1.33. The summed E-state index contributed by atoms with van der Waals surface area (Å²) in [6.45, 7) is 8.34. The van der Waals surface area contributed by atoms with Gasteiger partial charge in [-0.1, -0.05) is 18.2 Å². The molecule has 2 saturated heterocycles. The molecule has 7 nitrogen and oxygen atoms in total. The normalized spacial score (nSPS) is 21.2. The van der Waals surface area contributed by atoms with Crippen molar-refractivity contribution in [3.8, 4) is 0 Å². The van der Waals surface area contributed by atoms with Crippen molar-refractivity contribution in [1.82, 2.24) is 19.8 Å². The third kappa shape index (κ3) is 4.69. The number of hydrogen-bond acceptors (Lipinski definition) is 6. The van der Waals surface area contributed by atoms with Gasteiger partial charge in [0.2, 0.25) is 5.91 Å². The van der Waals surface area contributed by atoms with Gasteiger partial charge in [-0.2, -0.15) is 0 Å². The molecule has 3 aliphatic heterocycles. The van der Waals surface area contributed by atoms with Gasteiger partial charge in [-0.05, 0) is 37.3 Å². The van der Waals surface area contributed by atoms with Crippen molar-refractivity contribution in [1.29, 1.82) is 0 Å². The lowest BCUT2D eigenvalue weighted by Crippen LogP contribution is -2.34. The van der Waals surface area contributed by atoms with E-state index in [0.29, 0.717) is 0 Å². The van der Waals surface area contributed by atoms with Crippen LogP contribution in [0.2, 0.25) is 0 Å². The molecule has 2 fully saturated rings. The quantitative estimate of drug-likeness (QED) is 0.756. The minimum atomic E-state index is 0.143. The molecule has 3 aliphatic rings. The number of para-hydroxylation sites is 1. The molecule has 1 N–H and O–H groups in total. The van der Waals surface area contributed by atoms with Gasteiger partial charge in [0, 0.05) is 83.4 Å². The Labute approximate surface area is 197 Å². The maximum atomic E-state index is 11.8. The lowest BCUT2D eigenvalue weighted by molar-refractivity contribution is -0.127. The molecule has 0 bridgehead atoms. The highest BCUT2D eigenvalue weighted by molar-refractivity contribution is 5.73. The Bertz CT molecular complexity index is 985. The molecular formula is C26H36N6O. The number of amides is 1. The number of piperidine rings is 1. The number of anilines is 2. The molecule has 1 aromatic heterocycles. The molecule has 7 heteroatoms. The first kappa shape index (κ1) is 22.1. The lowest BCUT2D eigenvalue weighted by atomic mass is 10.0. The molecule has 4 heterocycles. The minimum Gasteiger partial charge on any atom is -0.373 e. The zero-order valence-corrected chi connectivity index (χ0v) is 20.0. The zero-order chi connectivity index (χ0) is 22.8. The van der Waals surface area contributed by atoms with Crippen molar-refractivity contribution in [3.05, 3.63) is 46.9 Å². The monoisotopic (exact) mass is 448 g/mol. The fourth-order valence-electron chi connectivity index (χ4n) is 5.60. The number of rotatable bonds is 5. The van der Waals surface area contributed by atoms with E-state index in [-0.39, 0.29) is 11.8 Å². The van der Waals surface area contributed by atoms with Gasteiger partial charge in [0.25, 0.3) is 0 Å². The molecule has 176 valence electrons. The van der Waals surface area contributed by atoms with Crippen LogP contribution in [0.3, 0.4) is 0 Å². The van der Waals surface area contributed by atoms with Gasteiger partial charge >= 0.3 is 0 Å². The number of carbonyl (C=O) groups is 1. The van der Waals surface area contributed by atoms with E-state index in [2.05, 4.69) is 39.4 Å². The Hall–Kier alpha value is -2.67. The van der Waals surface area contributed by atoms with Crippen molar-refractivity contribution in [2.75, 3.05) is 50.0 Å². The molecule has 1 aromatic carbocycles. The highest BCUT2D eigenvalue weighted by Crippen LogP contribution is 2.32. The topological polar surface area (TPSA) is 64.6 Å². The molecule has 0 radical (unpaired) electrons. The number of hydrogen-bond donors (Lipinski definition) is 1. The third-order valence-corrected chi connectivity index (χ3v) is 7.47. The zero-order valence-electron chi connectivity index (χ0n) is 20.0. The fourth-order valence-corrected chi connectivity index (χ4v) is 5.60. The van der Waals surface area contributed by atoms with E-state index in [1.54, 1.807) is 6.92 Å². The summed E-state index contributed by atoms with van der Waals surface area (Å²) in [5.74, 6) is 2.22. The van der Waals surface area contributed by atoms with E-state index in [0.717, 1.165) is 57.2 Å². The first-order valence-corrected chi connectivity index (χ1v) is 12.5. The summed E-state index contributed by atoms with van der Waals surface area (Å²) < 4.78 is 0. The highest BCUT2D eigenvalue weighted by atomic mass is 16.2. The molecule has 0 saturated carbocycles. The standard InChI is InChI=1S/C26H36N6O/c1-19(33)32-15-10-21(17-32)25-28-23-11-14-30(18-22(23)26(27-2)29-25)16-20-8-4-5-9-24(20)31-12-6-3-7-13-31/h4-5,8-9,21H,3,6-7,10-18H2,1-2H3,(H,27,28,29). The van der Waals surface area contributed by atoms with Gasteiger partial charge in [-0.3, -0.25) is 9.69 Å². The first-order valence-electron chi connectivity index (χ1n) is 12.5. The Kier molecular flexibility index (Phi) is 6.49. The average Bonchev–Trinajstić information content (AvgIpc) is 3.35. The van der Waals surface area contributed by atoms with E-state index in [9.17, 15) is 4.79 Å². The fraction of sp³-hybridized carbons (Fsp3) is 0.577. The molecule has 0 spiro atoms. The number of nitrogens with zero attached hydrogens (tertiary/aromatic N) is 5. The summed E-state index contributed by atoms with van der Waals surface area (Å²) in [4.78, 5) is 28.7. The van der Waals surface area contributed by atoms with Gasteiger partial charge in [0.05, 0.1) is 5.69 Å². The number of carbonyl (C=O) groups excluding carboxylic acids is 1. The summed E-state index contributed by atoms with van der Waals surface area (Å²) in [5, 5.41) is 3.33. The van der Waals surface area contributed by atoms with Crippen LogP contribution in [-0.4, -0.2) is 65.4 Å². The smallest absolute Gasteiger partial charge is 0.219 e. The predicted octanol–water partition coefficient (Wildman–Crippen LogP) is 3.40. The summed E-state index contributed by atoms with van der Waals surface area (Å²) in [5.41, 5.74) is 5.22. The van der Waals surface area contributed by atoms with Crippen molar-refractivity contribution in [2.45, 2.75) is 58.0 Å². The van der Waals surface area contributed by atoms with Crippen LogP contribution in [0.4, 0.5) is 11.5 Å². The molecular weight excluding hydrogens is 412 g/mol. The van der Waals surface area contributed by atoms with Gasteiger partial charge in [-0.15, -0.1) is 0 Å². The Morgan fingerprint density at radius 1 is 1.09 bits per heavy atom. The summed E-state index contributed by atoms with van der Waals surface area (Å²) in [7, 11) is 1.95. The molecule has 2 aromatic rings. The maximum Gasteiger partial charge on any atom is 0.219 e. The predicted molar refractivity (Wildman–Crippen MR) is 132 cm³/mol. The van der Waals surface area contributed by atoms with Crippen LogP contribution in [0, 0.1) is 0 Å². The lowest BCUT2D eigenvalue weighted by Gasteiger charge is -2.33. The molecule has 1 amide bonds.